The molecule has 1 fully saturated rings. The normalized spacial score (nSPS) is 18.1. The lowest BCUT2D eigenvalue weighted by Crippen LogP contribution is -2.42. The third kappa shape index (κ3) is 3.84. The van der Waals surface area contributed by atoms with E-state index in [2.05, 4.69) is 15.0 Å². The third-order valence-electron chi connectivity index (χ3n) is 3.85. The number of imidazole rings is 1. The second kappa shape index (κ2) is 7.19. The van der Waals surface area contributed by atoms with Crippen LogP contribution < -0.4 is 5.73 Å². The second-order valence-corrected chi connectivity index (χ2v) is 5.43. The van der Waals surface area contributed by atoms with Crippen molar-refractivity contribution in [3.8, 4) is 0 Å². The molecule has 1 saturated heterocycles. The van der Waals surface area contributed by atoms with E-state index in [1.807, 2.05) is 15.7 Å². The fourth-order valence-corrected chi connectivity index (χ4v) is 2.64. The van der Waals surface area contributed by atoms with E-state index in [1.165, 1.54) is 0 Å². The van der Waals surface area contributed by atoms with Gasteiger partial charge in [0.05, 0.1) is 19.5 Å². The van der Waals surface area contributed by atoms with Crippen molar-refractivity contribution in [1.82, 2.24) is 24.4 Å². The van der Waals surface area contributed by atoms with E-state index in [1.54, 1.807) is 24.9 Å². The summed E-state index contributed by atoms with van der Waals surface area (Å²) in [6, 6.07) is 0. The first-order valence-corrected chi connectivity index (χ1v) is 7.65. The first kappa shape index (κ1) is 15.4. The molecule has 23 heavy (non-hydrogen) atoms. The number of carbonyl (C=O) groups is 1. The van der Waals surface area contributed by atoms with Crippen molar-refractivity contribution >= 4 is 11.7 Å². The van der Waals surface area contributed by atoms with E-state index in [-0.39, 0.29) is 12.0 Å². The molecule has 2 aromatic heterocycles. The maximum absolute atomic E-state index is 12.4. The highest BCUT2D eigenvalue weighted by Crippen LogP contribution is 2.24. The van der Waals surface area contributed by atoms with Gasteiger partial charge < -0.3 is 19.9 Å². The van der Waals surface area contributed by atoms with Crippen LogP contribution in [0.15, 0.2) is 31.1 Å². The van der Waals surface area contributed by atoms with E-state index in [0.717, 1.165) is 13.0 Å². The molecule has 2 N–H and O–H groups in total. The van der Waals surface area contributed by atoms with Crippen LogP contribution in [0.3, 0.4) is 0 Å². The summed E-state index contributed by atoms with van der Waals surface area (Å²) in [6.07, 6.45) is 9.49. The highest BCUT2D eigenvalue weighted by molar-refractivity contribution is 5.76. The van der Waals surface area contributed by atoms with Crippen molar-refractivity contribution in [2.24, 2.45) is 0 Å². The fourth-order valence-electron chi connectivity index (χ4n) is 2.64. The molecule has 1 atom stereocenters. The highest BCUT2D eigenvalue weighted by Gasteiger charge is 2.27. The van der Waals surface area contributed by atoms with Gasteiger partial charge in [-0.3, -0.25) is 9.78 Å². The fraction of sp³-hybridized carbons (Fsp3) is 0.467. The lowest BCUT2D eigenvalue weighted by molar-refractivity contribution is -0.139. The minimum atomic E-state index is -0.310. The molecule has 0 unspecified atom stereocenters. The molecule has 0 saturated carbocycles. The molecular formula is C15H20N6O2. The van der Waals surface area contributed by atoms with Gasteiger partial charge in [-0.2, -0.15) is 0 Å². The van der Waals surface area contributed by atoms with Crippen molar-refractivity contribution in [3.63, 3.8) is 0 Å². The predicted molar refractivity (Wildman–Crippen MR) is 83.2 cm³/mol. The molecule has 1 amide bonds. The van der Waals surface area contributed by atoms with Gasteiger partial charge >= 0.3 is 0 Å². The maximum Gasteiger partial charge on any atom is 0.222 e. The number of ether oxygens (including phenoxy) is 1. The minimum absolute atomic E-state index is 0.126. The second-order valence-electron chi connectivity index (χ2n) is 5.43. The summed E-state index contributed by atoms with van der Waals surface area (Å²) in [5.74, 6) is 0.479. The van der Waals surface area contributed by atoms with E-state index >= 15 is 0 Å². The highest BCUT2D eigenvalue weighted by atomic mass is 16.5. The number of nitrogens with zero attached hydrogens (tertiary/aromatic N) is 5. The zero-order valence-electron chi connectivity index (χ0n) is 12.8. The molecule has 2 aromatic rings. The SMILES string of the molecule is Nc1nccnc1[C@@H]1CN(C(=O)CCCn2ccnc2)CCO1. The van der Waals surface area contributed by atoms with Gasteiger partial charge in [-0.05, 0) is 6.42 Å². The van der Waals surface area contributed by atoms with Gasteiger partial charge in [0, 0.05) is 44.3 Å². The van der Waals surface area contributed by atoms with Crippen molar-refractivity contribution in [2.45, 2.75) is 25.5 Å². The van der Waals surface area contributed by atoms with Gasteiger partial charge in [-0.15, -0.1) is 0 Å². The van der Waals surface area contributed by atoms with Gasteiger partial charge in [-0.25, -0.2) is 9.97 Å². The summed E-state index contributed by atoms with van der Waals surface area (Å²) in [4.78, 5) is 26.4. The van der Waals surface area contributed by atoms with Crippen LogP contribution in [0.25, 0.3) is 0 Å². The summed E-state index contributed by atoms with van der Waals surface area (Å²) in [6.45, 7) is 2.33. The smallest absolute Gasteiger partial charge is 0.222 e. The van der Waals surface area contributed by atoms with Crippen LogP contribution >= 0.6 is 0 Å². The maximum atomic E-state index is 12.4. The number of hydrogen-bond donors (Lipinski definition) is 1. The molecule has 0 radical (unpaired) electrons. The van der Waals surface area contributed by atoms with Crippen LogP contribution in [0.1, 0.15) is 24.6 Å². The summed E-state index contributed by atoms with van der Waals surface area (Å²) in [5.41, 5.74) is 6.44. The first-order valence-electron chi connectivity index (χ1n) is 7.65. The molecular weight excluding hydrogens is 296 g/mol. The molecule has 0 bridgehead atoms. The Morgan fingerprint density at radius 2 is 2.22 bits per heavy atom. The van der Waals surface area contributed by atoms with Gasteiger partial charge in [0.25, 0.3) is 0 Å². The van der Waals surface area contributed by atoms with Crippen LogP contribution in [0.4, 0.5) is 5.82 Å². The Balaban J connectivity index is 1.53. The lowest BCUT2D eigenvalue weighted by atomic mass is 10.1. The van der Waals surface area contributed by atoms with Crippen molar-refractivity contribution in [2.75, 3.05) is 25.4 Å². The Hall–Kier alpha value is -2.48. The Morgan fingerprint density at radius 3 is 3.00 bits per heavy atom. The Bertz CT molecular complexity index is 645. The van der Waals surface area contributed by atoms with Crippen LogP contribution in [-0.4, -0.2) is 50.0 Å². The molecule has 0 aromatic carbocycles. The largest absolute Gasteiger partial charge is 0.382 e. The number of anilines is 1. The topological polar surface area (TPSA) is 99.2 Å². The van der Waals surface area contributed by atoms with Crippen molar-refractivity contribution in [3.05, 3.63) is 36.8 Å². The molecule has 0 spiro atoms. The molecule has 3 rings (SSSR count). The minimum Gasteiger partial charge on any atom is -0.382 e. The van der Waals surface area contributed by atoms with Gasteiger partial charge in [0.1, 0.15) is 17.6 Å². The van der Waals surface area contributed by atoms with Crippen molar-refractivity contribution in [1.29, 1.82) is 0 Å². The standard InChI is InChI=1S/C15H20N6O2/c16-15-14(18-3-4-19-15)12-10-21(8-9-23-12)13(22)2-1-6-20-7-5-17-11-20/h3-5,7,11-12H,1-2,6,8-10H2,(H2,16,19)/t12-/m0/s1. The number of morpholine rings is 1. The zero-order valence-corrected chi connectivity index (χ0v) is 12.8. The molecule has 8 nitrogen and oxygen atoms in total. The predicted octanol–water partition coefficient (Wildman–Crippen LogP) is 0.636. The average molecular weight is 316 g/mol. The molecule has 0 aliphatic carbocycles. The number of nitrogen functional groups attached to an aromatic ring is 1. The number of nitrogens with two attached hydrogens (primary N) is 1. The first-order chi connectivity index (χ1) is 11.2. The van der Waals surface area contributed by atoms with E-state index in [9.17, 15) is 4.79 Å². The number of rotatable bonds is 5. The molecule has 122 valence electrons. The number of hydrogen-bond acceptors (Lipinski definition) is 6. The molecule has 1 aliphatic rings. The zero-order chi connectivity index (χ0) is 16.1. The number of amides is 1. The van der Waals surface area contributed by atoms with E-state index < -0.39 is 0 Å². The summed E-state index contributed by atoms with van der Waals surface area (Å²) < 4.78 is 7.67. The molecule has 8 heteroatoms. The summed E-state index contributed by atoms with van der Waals surface area (Å²) in [7, 11) is 0. The molecule has 3 heterocycles. The molecule has 1 aliphatic heterocycles. The van der Waals surface area contributed by atoms with Crippen LogP contribution in [0, 0.1) is 0 Å². The Morgan fingerprint density at radius 1 is 1.35 bits per heavy atom. The van der Waals surface area contributed by atoms with Gasteiger partial charge in [0.15, 0.2) is 0 Å². The van der Waals surface area contributed by atoms with Crippen LogP contribution in [-0.2, 0) is 16.1 Å². The average Bonchev–Trinajstić information content (AvgIpc) is 3.09. The number of aryl methyl sites for hydroxylation is 1. The van der Waals surface area contributed by atoms with Gasteiger partial charge in [0.2, 0.25) is 5.91 Å². The van der Waals surface area contributed by atoms with Crippen LogP contribution in [0.2, 0.25) is 0 Å². The monoisotopic (exact) mass is 316 g/mol. The van der Waals surface area contributed by atoms with E-state index in [0.29, 0.717) is 37.6 Å². The Labute approximate surface area is 134 Å². The Kier molecular flexibility index (Phi) is 4.82. The lowest BCUT2D eigenvalue weighted by Gasteiger charge is -2.33. The number of carbonyl (C=O) groups excluding carboxylic acids is 1. The third-order valence-corrected chi connectivity index (χ3v) is 3.85. The summed E-state index contributed by atoms with van der Waals surface area (Å²) >= 11 is 0. The van der Waals surface area contributed by atoms with Crippen molar-refractivity contribution < 1.29 is 9.53 Å². The quantitative estimate of drug-likeness (QED) is 0.869. The van der Waals surface area contributed by atoms with Crippen LogP contribution in [0.5, 0.6) is 0 Å². The van der Waals surface area contributed by atoms with Gasteiger partial charge in [-0.1, -0.05) is 0 Å². The summed E-state index contributed by atoms with van der Waals surface area (Å²) in [5, 5.41) is 0. The van der Waals surface area contributed by atoms with E-state index in [4.69, 9.17) is 10.5 Å². The number of aromatic nitrogens is 4.